The van der Waals surface area contributed by atoms with E-state index < -0.39 is 5.82 Å². The molecule has 0 radical (unpaired) electrons. The van der Waals surface area contributed by atoms with Gasteiger partial charge in [-0.05, 0) is 18.2 Å². The van der Waals surface area contributed by atoms with Gasteiger partial charge in [0.2, 0.25) is 0 Å². The predicted molar refractivity (Wildman–Crippen MR) is 51.1 cm³/mol. The standard InChI is InChI=1S/C11H7FO3/c12-6-1-2-9-7(3-6)8(13)4-10(15-9)11-5-14-11/h1-4,11H,5H2. The number of hydrogen-bond acceptors (Lipinski definition) is 3. The molecule has 1 aliphatic heterocycles. The van der Waals surface area contributed by atoms with E-state index in [0.717, 1.165) is 0 Å². The van der Waals surface area contributed by atoms with E-state index in [0.29, 0.717) is 18.0 Å². The van der Waals surface area contributed by atoms with Crippen LogP contribution in [0.15, 0.2) is 33.5 Å². The van der Waals surface area contributed by atoms with E-state index >= 15 is 0 Å². The molecule has 2 aromatic rings. The van der Waals surface area contributed by atoms with Gasteiger partial charge in [0.05, 0.1) is 12.0 Å². The fourth-order valence-corrected chi connectivity index (χ4v) is 1.52. The van der Waals surface area contributed by atoms with E-state index in [2.05, 4.69) is 0 Å². The summed E-state index contributed by atoms with van der Waals surface area (Å²) in [4.78, 5) is 11.6. The highest BCUT2D eigenvalue weighted by molar-refractivity contribution is 5.76. The first-order chi connectivity index (χ1) is 7.24. The highest BCUT2D eigenvalue weighted by Crippen LogP contribution is 2.30. The average Bonchev–Trinajstić information content (AvgIpc) is 3.02. The first kappa shape index (κ1) is 8.61. The van der Waals surface area contributed by atoms with Crippen LogP contribution in [0.2, 0.25) is 0 Å². The molecule has 15 heavy (non-hydrogen) atoms. The Balaban J connectivity index is 2.31. The number of ether oxygens (including phenoxy) is 1. The van der Waals surface area contributed by atoms with Crippen LogP contribution in [0.25, 0.3) is 11.0 Å². The van der Waals surface area contributed by atoms with Crippen molar-refractivity contribution in [2.24, 2.45) is 0 Å². The monoisotopic (exact) mass is 206 g/mol. The molecule has 4 heteroatoms. The molecule has 1 aromatic heterocycles. The third kappa shape index (κ3) is 1.43. The molecule has 0 saturated carbocycles. The van der Waals surface area contributed by atoms with Gasteiger partial charge in [-0.3, -0.25) is 4.79 Å². The highest BCUT2D eigenvalue weighted by Gasteiger charge is 2.28. The summed E-state index contributed by atoms with van der Waals surface area (Å²) in [6, 6.07) is 5.26. The maximum absolute atomic E-state index is 12.9. The quantitative estimate of drug-likeness (QED) is 0.670. The minimum absolute atomic E-state index is 0.104. The zero-order valence-electron chi connectivity index (χ0n) is 7.70. The maximum Gasteiger partial charge on any atom is 0.193 e. The number of halogens is 1. The molecule has 3 rings (SSSR count). The lowest BCUT2D eigenvalue weighted by Gasteiger charge is -1.99. The molecule has 0 bridgehead atoms. The highest BCUT2D eigenvalue weighted by atomic mass is 19.1. The van der Waals surface area contributed by atoms with Crippen LogP contribution >= 0.6 is 0 Å². The lowest BCUT2D eigenvalue weighted by molar-refractivity contribution is 0.374. The first-order valence-corrected chi connectivity index (χ1v) is 4.59. The molecule has 0 spiro atoms. The van der Waals surface area contributed by atoms with Crippen LogP contribution in [0.5, 0.6) is 0 Å². The van der Waals surface area contributed by atoms with Crippen molar-refractivity contribution in [2.45, 2.75) is 6.10 Å². The van der Waals surface area contributed by atoms with Gasteiger partial charge in [-0.25, -0.2) is 4.39 Å². The SMILES string of the molecule is O=c1cc(C2CO2)oc2ccc(F)cc12. The van der Waals surface area contributed by atoms with Gasteiger partial charge in [0.15, 0.2) is 5.43 Å². The Morgan fingerprint density at radius 2 is 2.13 bits per heavy atom. The Bertz CT molecular complexity index is 584. The third-order valence-electron chi connectivity index (χ3n) is 2.36. The summed E-state index contributed by atoms with van der Waals surface area (Å²) in [5, 5.41) is 0.263. The van der Waals surface area contributed by atoms with Crippen molar-refractivity contribution in [1.29, 1.82) is 0 Å². The van der Waals surface area contributed by atoms with Crippen LogP contribution in [0, 0.1) is 5.82 Å². The minimum Gasteiger partial charge on any atom is -0.458 e. The second kappa shape index (κ2) is 2.90. The summed E-state index contributed by atoms with van der Waals surface area (Å²) in [7, 11) is 0. The van der Waals surface area contributed by atoms with E-state index in [9.17, 15) is 9.18 Å². The van der Waals surface area contributed by atoms with Gasteiger partial charge in [-0.15, -0.1) is 0 Å². The molecule has 1 aromatic carbocycles. The maximum atomic E-state index is 12.9. The number of benzene rings is 1. The summed E-state index contributed by atoms with van der Waals surface area (Å²) < 4.78 is 23.3. The molecule has 1 saturated heterocycles. The first-order valence-electron chi connectivity index (χ1n) is 4.59. The molecule has 1 fully saturated rings. The number of rotatable bonds is 1. The molecular formula is C11H7FO3. The minimum atomic E-state index is -0.440. The van der Waals surface area contributed by atoms with Crippen molar-refractivity contribution in [1.82, 2.24) is 0 Å². The Morgan fingerprint density at radius 3 is 2.87 bits per heavy atom. The number of hydrogen-bond donors (Lipinski definition) is 0. The lowest BCUT2D eigenvalue weighted by Crippen LogP contribution is -2.02. The van der Waals surface area contributed by atoms with Crippen molar-refractivity contribution < 1.29 is 13.5 Å². The van der Waals surface area contributed by atoms with Crippen molar-refractivity contribution in [3.05, 3.63) is 46.1 Å². The number of fused-ring (bicyclic) bond motifs is 1. The summed E-state index contributed by atoms with van der Waals surface area (Å²) in [5.41, 5.74) is 0.163. The Labute approximate surface area is 84.1 Å². The van der Waals surface area contributed by atoms with E-state index in [1.54, 1.807) is 0 Å². The van der Waals surface area contributed by atoms with Gasteiger partial charge >= 0.3 is 0 Å². The van der Waals surface area contributed by atoms with Gasteiger partial charge < -0.3 is 9.15 Å². The van der Waals surface area contributed by atoms with Crippen LogP contribution in [0.3, 0.4) is 0 Å². The predicted octanol–water partition coefficient (Wildman–Crippen LogP) is 2.00. The second-order valence-electron chi connectivity index (χ2n) is 3.48. The normalized spacial score (nSPS) is 19.4. The van der Waals surface area contributed by atoms with E-state index in [4.69, 9.17) is 9.15 Å². The molecule has 1 unspecified atom stereocenters. The third-order valence-corrected chi connectivity index (χ3v) is 2.36. The zero-order valence-corrected chi connectivity index (χ0v) is 7.70. The van der Waals surface area contributed by atoms with E-state index in [1.807, 2.05) is 0 Å². The summed E-state index contributed by atoms with van der Waals surface area (Å²) >= 11 is 0. The molecule has 2 heterocycles. The fourth-order valence-electron chi connectivity index (χ4n) is 1.52. The second-order valence-corrected chi connectivity index (χ2v) is 3.48. The molecule has 3 nitrogen and oxygen atoms in total. The van der Waals surface area contributed by atoms with Gasteiger partial charge in [-0.1, -0.05) is 0 Å². The fraction of sp³-hybridized carbons (Fsp3) is 0.182. The Hall–Kier alpha value is -1.68. The largest absolute Gasteiger partial charge is 0.458 e. The Kier molecular flexibility index (Phi) is 1.67. The van der Waals surface area contributed by atoms with Gasteiger partial charge in [0.1, 0.15) is 23.3 Å². The summed E-state index contributed by atoms with van der Waals surface area (Å²) in [5.74, 6) is 0.0735. The van der Waals surface area contributed by atoms with Crippen LogP contribution in [0.4, 0.5) is 4.39 Å². The Morgan fingerprint density at radius 1 is 1.33 bits per heavy atom. The molecule has 0 N–H and O–H groups in total. The van der Waals surface area contributed by atoms with E-state index in [1.165, 1.54) is 24.3 Å². The van der Waals surface area contributed by atoms with Gasteiger partial charge in [0, 0.05) is 6.07 Å². The topological polar surface area (TPSA) is 42.7 Å². The molecule has 1 atom stereocenters. The summed E-state index contributed by atoms with van der Waals surface area (Å²) in [6.45, 7) is 0.579. The van der Waals surface area contributed by atoms with Gasteiger partial charge in [-0.2, -0.15) is 0 Å². The van der Waals surface area contributed by atoms with Crippen LogP contribution in [-0.4, -0.2) is 6.61 Å². The molecule has 1 aliphatic rings. The van der Waals surface area contributed by atoms with Crippen LogP contribution in [-0.2, 0) is 4.74 Å². The molecule has 76 valence electrons. The van der Waals surface area contributed by atoms with E-state index in [-0.39, 0.29) is 16.9 Å². The van der Waals surface area contributed by atoms with Crippen molar-refractivity contribution in [3.8, 4) is 0 Å². The van der Waals surface area contributed by atoms with Crippen molar-refractivity contribution in [2.75, 3.05) is 6.61 Å². The van der Waals surface area contributed by atoms with Gasteiger partial charge in [0.25, 0.3) is 0 Å². The average molecular weight is 206 g/mol. The smallest absolute Gasteiger partial charge is 0.193 e. The summed E-state index contributed by atoms with van der Waals surface area (Å²) in [6.07, 6.45) is -0.104. The molecule has 0 amide bonds. The lowest BCUT2D eigenvalue weighted by atomic mass is 10.2. The zero-order chi connectivity index (χ0) is 10.4. The van der Waals surface area contributed by atoms with Crippen molar-refractivity contribution >= 4 is 11.0 Å². The van der Waals surface area contributed by atoms with Crippen LogP contribution in [0.1, 0.15) is 11.9 Å². The van der Waals surface area contributed by atoms with Crippen LogP contribution < -0.4 is 5.43 Å². The molecule has 0 aliphatic carbocycles. The number of epoxide rings is 1. The van der Waals surface area contributed by atoms with Crippen molar-refractivity contribution in [3.63, 3.8) is 0 Å². The molecular weight excluding hydrogens is 199 g/mol.